The van der Waals surface area contributed by atoms with Gasteiger partial charge in [-0.25, -0.2) is 0 Å². The van der Waals surface area contributed by atoms with Gasteiger partial charge in [0.05, 0.1) is 13.2 Å². The highest BCUT2D eigenvalue weighted by molar-refractivity contribution is 5.90. The lowest BCUT2D eigenvalue weighted by molar-refractivity contribution is -0.145. The molecular formula is C21H22N2O4. The van der Waals surface area contributed by atoms with E-state index in [4.69, 9.17) is 9.47 Å². The molecule has 0 saturated carbocycles. The number of morpholine rings is 1. The maximum absolute atomic E-state index is 12.0. The van der Waals surface area contributed by atoms with Gasteiger partial charge in [0.2, 0.25) is 0 Å². The summed E-state index contributed by atoms with van der Waals surface area (Å²) in [5.41, 5.74) is 2.74. The largest absolute Gasteiger partial charge is 0.489 e. The minimum absolute atomic E-state index is 0.470. The van der Waals surface area contributed by atoms with Gasteiger partial charge in [0.1, 0.15) is 18.4 Å². The second-order valence-electron chi connectivity index (χ2n) is 6.61. The Hall–Kier alpha value is -2.83. The molecule has 4 rings (SSSR count). The molecule has 3 aromatic rings. The summed E-state index contributed by atoms with van der Waals surface area (Å²) in [4.78, 5) is 17.1. The van der Waals surface area contributed by atoms with E-state index in [1.807, 2.05) is 53.4 Å². The quantitative estimate of drug-likeness (QED) is 0.701. The van der Waals surface area contributed by atoms with Crippen molar-refractivity contribution in [2.24, 2.45) is 0 Å². The summed E-state index contributed by atoms with van der Waals surface area (Å²) in [6.07, 6.45) is 1.79. The van der Waals surface area contributed by atoms with Crippen molar-refractivity contribution < 1.29 is 19.4 Å². The molecule has 1 unspecified atom stereocenters. The van der Waals surface area contributed by atoms with Gasteiger partial charge < -0.3 is 19.6 Å². The summed E-state index contributed by atoms with van der Waals surface area (Å²) in [5, 5.41) is 10.7. The first-order chi connectivity index (χ1) is 13.2. The topological polar surface area (TPSA) is 74.8 Å². The molecule has 6 nitrogen and oxygen atoms in total. The number of carbonyl (C=O) groups is 1. The van der Waals surface area contributed by atoms with E-state index in [1.54, 1.807) is 6.20 Å². The lowest BCUT2D eigenvalue weighted by Gasteiger charge is -2.31. The van der Waals surface area contributed by atoms with E-state index in [9.17, 15) is 9.90 Å². The summed E-state index contributed by atoms with van der Waals surface area (Å²) < 4.78 is 11.3. The van der Waals surface area contributed by atoms with Gasteiger partial charge in [-0.05, 0) is 23.8 Å². The van der Waals surface area contributed by atoms with Crippen LogP contribution in [0.4, 0.5) is 0 Å². The van der Waals surface area contributed by atoms with Gasteiger partial charge in [-0.2, -0.15) is 0 Å². The Morgan fingerprint density at radius 3 is 2.70 bits per heavy atom. The number of fused-ring (bicyclic) bond motifs is 1. The number of nitrogens with zero attached hydrogens (tertiary/aromatic N) is 1. The zero-order valence-corrected chi connectivity index (χ0v) is 14.9. The SMILES string of the molecule is O=C(O)C(c1c[nH]c2ccc(OCc3ccccc3)cc12)N1CCOCC1. The first kappa shape index (κ1) is 17.6. The van der Waals surface area contributed by atoms with Gasteiger partial charge in [-0.3, -0.25) is 9.69 Å². The molecule has 0 amide bonds. The molecule has 1 saturated heterocycles. The second-order valence-corrected chi connectivity index (χ2v) is 6.61. The molecule has 2 heterocycles. The van der Waals surface area contributed by atoms with Crippen LogP contribution in [-0.2, 0) is 16.1 Å². The average Bonchev–Trinajstić information content (AvgIpc) is 3.11. The summed E-state index contributed by atoms with van der Waals surface area (Å²) in [6.45, 7) is 2.79. The molecule has 0 spiro atoms. The van der Waals surface area contributed by atoms with Crippen molar-refractivity contribution in [1.29, 1.82) is 0 Å². The van der Waals surface area contributed by atoms with Crippen molar-refractivity contribution in [3.8, 4) is 5.75 Å². The number of hydrogen-bond donors (Lipinski definition) is 2. The highest BCUT2D eigenvalue weighted by atomic mass is 16.5. The minimum atomic E-state index is -0.853. The standard InChI is InChI=1S/C21H22N2O4/c24-21(25)20(23-8-10-26-11-9-23)18-13-22-19-7-6-16(12-17(18)19)27-14-15-4-2-1-3-5-15/h1-7,12-13,20,22H,8-11,14H2,(H,24,25). The average molecular weight is 366 g/mol. The van der Waals surface area contributed by atoms with Crippen LogP contribution in [0.3, 0.4) is 0 Å². The fourth-order valence-electron chi connectivity index (χ4n) is 3.50. The van der Waals surface area contributed by atoms with Gasteiger partial charge in [0, 0.05) is 35.8 Å². The Bertz CT molecular complexity index is 916. The Labute approximate surface area is 157 Å². The smallest absolute Gasteiger partial charge is 0.325 e. The summed E-state index contributed by atoms with van der Waals surface area (Å²) in [6, 6.07) is 15.0. The van der Waals surface area contributed by atoms with Gasteiger partial charge in [0.15, 0.2) is 0 Å². The molecule has 1 aliphatic heterocycles. The molecule has 1 fully saturated rings. The van der Waals surface area contributed by atoms with Crippen LogP contribution < -0.4 is 4.74 Å². The number of carboxylic acid groups (broad SMARTS) is 1. The molecular weight excluding hydrogens is 344 g/mol. The molecule has 6 heteroatoms. The number of aliphatic carboxylic acids is 1. The molecule has 27 heavy (non-hydrogen) atoms. The highest BCUT2D eigenvalue weighted by Gasteiger charge is 2.30. The lowest BCUT2D eigenvalue weighted by Crippen LogP contribution is -2.42. The molecule has 1 atom stereocenters. The third-order valence-electron chi connectivity index (χ3n) is 4.87. The predicted molar refractivity (Wildman–Crippen MR) is 102 cm³/mol. The van der Waals surface area contributed by atoms with Gasteiger partial charge in [0.25, 0.3) is 0 Å². The number of carboxylic acids is 1. The number of rotatable bonds is 6. The van der Waals surface area contributed by atoms with Crippen LogP contribution in [0.5, 0.6) is 5.75 Å². The van der Waals surface area contributed by atoms with Crippen molar-refractivity contribution in [2.75, 3.05) is 26.3 Å². The fraction of sp³-hybridized carbons (Fsp3) is 0.286. The first-order valence-electron chi connectivity index (χ1n) is 9.05. The Morgan fingerprint density at radius 2 is 1.96 bits per heavy atom. The predicted octanol–water partition coefficient (Wildman–Crippen LogP) is 3.20. The number of benzene rings is 2. The Morgan fingerprint density at radius 1 is 1.19 bits per heavy atom. The molecule has 0 aliphatic carbocycles. The van der Waals surface area contributed by atoms with Crippen LogP contribution in [0.15, 0.2) is 54.7 Å². The maximum atomic E-state index is 12.0. The van der Waals surface area contributed by atoms with Crippen LogP contribution in [0.2, 0.25) is 0 Å². The number of H-pyrrole nitrogens is 1. The third kappa shape index (κ3) is 3.82. The van der Waals surface area contributed by atoms with E-state index in [1.165, 1.54) is 0 Å². The minimum Gasteiger partial charge on any atom is -0.489 e. The number of aromatic nitrogens is 1. The lowest BCUT2D eigenvalue weighted by atomic mass is 10.0. The molecule has 0 radical (unpaired) electrons. The van der Waals surface area contributed by atoms with Crippen molar-refractivity contribution in [3.63, 3.8) is 0 Å². The van der Waals surface area contributed by atoms with Crippen molar-refractivity contribution in [3.05, 3.63) is 65.9 Å². The maximum Gasteiger partial charge on any atom is 0.325 e. The molecule has 1 aromatic heterocycles. The van der Waals surface area contributed by atoms with Crippen LogP contribution in [-0.4, -0.2) is 47.3 Å². The van der Waals surface area contributed by atoms with Gasteiger partial charge in [-0.15, -0.1) is 0 Å². The molecule has 140 valence electrons. The van der Waals surface area contributed by atoms with Crippen LogP contribution in [0, 0.1) is 0 Å². The zero-order valence-electron chi connectivity index (χ0n) is 14.9. The zero-order chi connectivity index (χ0) is 18.6. The normalized spacial score (nSPS) is 16.3. The molecule has 0 bridgehead atoms. The number of ether oxygens (including phenoxy) is 2. The second kappa shape index (κ2) is 7.82. The number of hydrogen-bond acceptors (Lipinski definition) is 4. The summed E-state index contributed by atoms with van der Waals surface area (Å²) in [5.74, 6) is -0.133. The van der Waals surface area contributed by atoms with E-state index in [0.29, 0.717) is 32.9 Å². The molecule has 1 aliphatic rings. The Kier molecular flexibility index (Phi) is 5.09. The highest BCUT2D eigenvalue weighted by Crippen LogP contribution is 2.31. The number of nitrogens with one attached hydrogen (secondary N) is 1. The van der Waals surface area contributed by atoms with E-state index < -0.39 is 12.0 Å². The molecule has 2 N–H and O–H groups in total. The van der Waals surface area contributed by atoms with E-state index in [-0.39, 0.29) is 0 Å². The van der Waals surface area contributed by atoms with E-state index >= 15 is 0 Å². The van der Waals surface area contributed by atoms with Gasteiger partial charge >= 0.3 is 5.97 Å². The summed E-state index contributed by atoms with van der Waals surface area (Å²) in [7, 11) is 0. The third-order valence-corrected chi connectivity index (χ3v) is 4.87. The number of aromatic amines is 1. The first-order valence-corrected chi connectivity index (χ1v) is 9.05. The molecule has 2 aromatic carbocycles. The Balaban J connectivity index is 1.61. The van der Waals surface area contributed by atoms with Gasteiger partial charge in [-0.1, -0.05) is 30.3 Å². The van der Waals surface area contributed by atoms with Crippen molar-refractivity contribution >= 4 is 16.9 Å². The van der Waals surface area contributed by atoms with Crippen molar-refractivity contribution in [2.45, 2.75) is 12.6 Å². The fourth-order valence-corrected chi connectivity index (χ4v) is 3.50. The van der Waals surface area contributed by atoms with Crippen LogP contribution >= 0.6 is 0 Å². The van der Waals surface area contributed by atoms with Crippen molar-refractivity contribution in [1.82, 2.24) is 9.88 Å². The summed E-state index contributed by atoms with van der Waals surface area (Å²) >= 11 is 0. The van der Waals surface area contributed by atoms with E-state index in [0.717, 1.165) is 27.8 Å². The monoisotopic (exact) mass is 366 g/mol. The van der Waals surface area contributed by atoms with E-state index in [2.05, 4.69) is 4.98 Å². The van der Waals surface area contributed by atoms with Crippen LogP contribution in [0.1, 0.15) is 17.2 Å². The van der Waals surface area contributed by atoms with Crippen LogP contribution in [0.25, 0.3) is 10.9 Å².